The monoisotopic (exact) mass is 873 g/mol. The molecule has 0 heterocycles. The van der Waals surface area contributed by atoms with Crippen LogP contribution in [0.3, 0.4) is 0 Å². The van der Waals surface area contributed by atoms with E-state index in [4.69, 9.17) is 14.0 Å². The number of phosphoric acid groups is 1. The molecule has 61 heavy (non-hydrogen) atoms. The number of unbranched alkanes of at least 4 members (excludes halogenated alkanes) is 19. The number of carbonyl (C=O) groups is 2. The largest absolute Gasteiger partial charge is 0.472 e. The number of hydrogen-bond acceptors (Lipinski definition) is 7. The highest BCUT2D eigenvalue weighted by molar-refractivity contribution is 7.47. The Morgan fingerprint density at radius 1 is 0.475 bits per heavy atom. The van der Waals surface area contributed by atoms with Crippen molar-refractivity contribution >= 4 is 19.8 Å². The first-order chi connectivity index (χ1) is 29.8. The van der Waals surface area contributed by atoms with Crippen LogP contribution in [0.1, 0.15) is 206 Å². The molecule has 0 saturated heterocycles. The van der Waals surface area contributed by atoms with Gasteiger partial charge in [0.1, 0.15) is 6.61 Å². The van der Waals surface area contributed by atoms with Crippen molar-refractivity contribution in [1.82, 2.24) is 0 Å². The lowest BCUT2D eigenvalue weighted by atomic mass is 10.0. The van der Waals surface area contributed by atoms with Crippen LogP contribution in [-0.4, -0.2) is 43.3 Å². The lowest BCUT2D eigenvalue weighted by Gasteiger charge is -2.19. The fraction of sp³-hybridized carbons (Fsp3) is 0.692. The highest BCUT2D eigenvalue weighted by Crippen LogP contribution is 2.42. The standard InChI is InChI=1S/C52H89O8P/c1-4-6-8-10-12-14-16-18-20-22-24-25-26-27-29-30-32-34-36-38-40-42-44-46-51(53)58-48-50(49-59-61(55,56)57-3)60-52(54)47-45-43-41-39-37-35-33-31-28-23-21-19-17-15-13-11-9-7-5-2/h7,9,13,15-16,18-19,21-22,24,28,31,35,37,50H,4-6,8,10-12,14,17,20,23,25-27,29-30,32-34,36,38-49H2,1-3H3,(H,55,56)/b9-7-,15-13-,18-16-,21-19-,24-22-,31-28-,37-35-. The summed E-state index contributed by atoms with van der Waals surface area (Å²) in [5.41, 5.74) is 0. The maximum atomic E-state index is 12.5. The highest BCUT2D eigenvalue weighted by Gasteiger charge is 2.24. The van der Waals surface area contributed by atoms with Crippen molar-refractivity contribution in [3.63, 3.8) is 0 Å². The van der Waals surface area contributed by atoms with Gasteiger partial charge in [-0.3, -0.25) is 18.6 Å². The zero-order valence-corrected chi connectivity index (χ0v) is 39.9. The van der Waals surface area contributed by atoms with Gasteiger partial charge in [-0.15, -0.1) is 0 Å². The average molecular weight is 873 g/mol. The minimum absolute atomic E-state index is 0.201. The van der Waals surface area contributed by atoms with Crippen molar-refractivity contribution in [3.05, 3.63) is 85.1 Å². The first kappa shape index (κ1) is 58.2. The summed E-state index contributed by atoms with van der Waals surface area (Å²) in [7, 11) is -3.23. The first-order valence-electron chi connectivity index (χ1n) is 24.3. The van der Waals surface area contributed by atoms with Crippen LogP contribution in [0.25, 0.3) is 0 Å². The van der Waals surface area contributed by atoms with Crippen LogP contribution < -0.4 is 0 Å². The fourth-order valence-corrected chi connectivity index (χ4v) is 6.88. The van der Waals surface area contributed by atoms with Gasteiger partial charge < -0.3 is 14.4 Å². The van der Waals surface area contributed by atoms with Crippen molar-refractivity contribution in [2.45, 2.75) is 213 Å². The van der Waals surface area contributed by atoms with Crippen LogP contribution in [0.2, 0.25) is 0 Å². The molecule has 2 unspecified atom stereocenters. The number of phosphoric ester groups is 1. The van der Waals surface area contributed by atoms with E-state index in [0.717, 1.165) is 84.2 Å². The summed E-state index contributed by atoms with van der Waals surface area (Å²) in [6.45, 7) is 3.74. The van der Waals surface area contributed by atoms with Gasteiger partial charge in [0.05, 0.1) is 6.61 Å². The third kappa shape index (κ3) is 46.6. The van der Waals surface area contributed by atoms with Gasteiger partial charge in [0.2, 0.25) is 0 Å². The molecular weight excluding hydrogens is 784 g/mol. The summed E-state index contributed by atoms with van der Waals surface area (Å²) in [6, 6.07) is 0. The minimum atomic E-state index is -4.28. The molecule has 0 spiro atoms. The van der Waals surface area contributed by atoms with Crippen molar-refractivity contribution in [1.29, 1.82) is 0 Å². The zero-order valence-electron chi connectivity index (χ0n) is 39.0. The van der Waals surface area contributed by atoms with Gasteiger partial charge in [-0.2, -0.15) is 0 Å². The Hall–Kier alpha value is -2.77. The van der Waals surface area contributed by atoms with E-state index in [1.165, 1.54) is 96.3 Å². The minimum Gasteiger partial charge on any atom is -0.462 e. The number of esters is 2. The van der Waals surface area contributed by atoms with Crippen molar-refractivity contribution in [2.24, 2.45) is 0 Å². The van der Waals surface area contributed by atoms with E-state index < -0.39 is 26.5 Å². The first-order valence-corrected chi connectivity index (χ1v) is 25.8. The lowest BCUT2D eigenvalue weighted by molar-refractivity contribution is -0.161. The quantitative estimate of drug-likeness (QED) is 0.0279. The van der Waals surface area contributed by atoms with Gasteiger partial charge in [-0.05, 0) is 89.9 Å². The number of hydrogen-bond donors (Lipinski definition) is 1. The molecule has 0 saturated carbocycles. The number of carbonyl (C=O) groups excluding carboxylic acids is 2. The molecule has 0 aliphatic rings. The molecule has 1 N–H and O–H groups in total. The van der Waals surface area contributed by atoms with Gasteiger partial charge in [-0.1, -0.05) is 189 Å². The lowest BCUT2D eigenvalue weighted by Crippen LogP contribution is -2.29. The average Bonchev–Trinajstić information content (AvgIpc) is 3.25. The number of rotatable bonds is 44. The van der Waals surface area contributed by atoms with Gasteiger partial charge >= 0.3 is 19.8 Å². The zero-order chi connectivity index (χ0) is 44.6. The van der Waals surface area contributed by atoms with Gasteiger partial charge in [-0.25, -0.2) is 4.57 Å². The van der Waals surface area contributed by atoms with Crippen molar-refractivity contribution in [3.8, 4) is 0 Å². The molecule has 2 atom stereocenters. The fourth-order valence-electron chi connectivity index (χ4n) is 6.42. The molecule has 0 aliphatic carbocycles. The molecule has 0 radical (unpaired) electrons. The molecule has 0 aromatic heterocycles. The molecule has 0 aliphatic heterocycles. The predicted octanol–water partition coefficient (Wildman–Crippen LogP) is 15.8. The van der Waals surface area contributed by atoms with Crippen molar-refractivity contribution < 1.29 is 37.6 Å². The van der Waals surface area contributed by atoms with Crippen molar-refractivity contribution in [2.75, 3.05) is 20.3 Å². The van der Waals surface area contributed by atoms with Crippen LogP contribution >= 0.6 is 7.82 Å². The van der Waals surface area contributed by atoms with E-state index in [1.54, 1.807) is 0 Å². The summed E-state index contributed by atoms with van der Waals surface area (Å²) in [6.07, 6.45) is 62.1. The molecule has 9 heteroatoms. The Kier molecular flexibility index (Phi) is 44.6. The Bertz CT molecular complexity index is 1260. The Balaban J connectivity index is 3.99. The molecule has 350 valence electrons. The SMILES string of the molecule is CC/C=C\C/C=C\C/C=C\C/C=C\C/C=C\CCCCCC(=O)OC(COC(=O)CCCCCCCCCCCCC/C=C\C/C=C\CCCCCCC)COP(=O)(O)OC. The van der Waals surface area contributed by atoms with Gasteiger partial charge in [0.15, 0.2) is 6.10 Å². The van der Waals surface area contributed by atoms with E-state index in [1.807, 2.05) is 0 Å². The van der Waals surface area contributed by atoms with E-state index in [0.29, 0.717) is 6.42 Å². The molecule has 8 nitrogen and oxygen atoms in total. The molecule has 0 fully saturated rings. The molecule has 0 rings (SSSR count). The maximum Gasteiger partial charge on any atom is 0.472 e. The van der Waals surface area contributed by atoms with Gasteiger partial charge in [0.25, 0.3) is 0 Å². The van der Waals surface area contributed by atoms with Crippen LogP contribution in [0.15, 0.2) is 85.1 Å². The van der Waals surface area contributed by atoms with Gasteiger partial charge in [0, 0.05) is 20.0 Å². The summed E-state index contributed by atoms with van der Waals surface area (Å²) in [5.74, 6) is -0.846. The number of ether oxygens (including phenoxy) is 2. The summed E-state index contributed by atoms with van der Waals surface area (Å²) < 4.78 is 32.1. The van der Waals surface area contributed by atoms with Crippen LogP contribution in [0.4, 0.5) is 0 Å². The predicted molar refractivity (Wildman–Crippen MR) is 257 cm³/mol. The topological polar surface area (TPSA) is 108 Å². The summed E-state index contributed by atoms with van der Waals surface area (Å²) in [4.78, 5) is 34.6. The smallest absolute Gasteiger partial charge is 0.462 e. The van der Waals surface area contributed by atoms with Crippen LogP contribution in [-0.2, 0) is 32.7 Å². The van der Waals surface area contributed by atoms with E-state index in [-0.39, 0.29) is 25.4 Å². The number of allylic oxidation sites excluding steroid dienone is 14. The summed E-state index contributed by atoms with van der Waals surface area (Å²) in [5, 5.41) is 0. The Morgan fingerprint density at radius 3 is 1.26 bits per heavy atom. The highest BCUT2D eigenvalue weighted by atomic mass is 31.2. The van der Waals surface area contributed by atoms with Crippen LogP contribution in [0, 0.1) is 0 Å². The Morgan fingerprint density at radius 2 is 0.836 bits per heavy atom. The van der Waals surface area contributed by atoms with E-state index in [2.05, 4.69) is 103 Å². The second kappa shape index (κ2) is 46.7. The molecular formula is C52H89O8P. The van der Waals surface area contributed by atoms with E-state index in [9.17, 15) is 19.0 Å². The van der Waals surface area contributed by atoms with E-state index >= 15 is 0 Å². The summed E-state index contributed by atoms with van der Waals surface area (Å²) >= 11 is 0. The van der Waals surface area contributed by atoms with Crippen LogP contribution in [0.5, 0.6) is 0 Å². The maximum absolute atomic E-state index is 12.5. The normalized spacial score (nSPS) is 14.0. The molecule has 0 amide bonds. The second-order valence-corrected chi connectivity index (χ2v) is 17.4. The molecule has 0 aromatic rings. The Labute approximate surface area is 374 Å². The molecule has 0 aromatic carbocycles. The second-order valence-electron chi connectivity index (χ2n) is 15.9. The molecule has 0 bridgehead atoms. The third-order valence-corrected chi connectivity index (χ3v) is 11.1. The third-order valence-electron chi connectivity index (χ3n) is 10.1.